The summed E-state index contributed by atoms with van der Waals surface area (Å²) in [6.07, 6.45) is 0.485. The van der Waals surface area contributed by atoms with Gasteiger partial charge in [-0.1, -0.05) is 74.5 Å². The van der Waals surface area contributed by atoms with Gasteiger partial charge in [0.2, 0.25) is 11.8 Å². The summed E-state index contributed by atoms with van der Waals surface area (Å²) >= 11 is 0. The van der Waals surface area contributed by atoms with Crippen molar-refractivity contribution in [3.63, 3.8) is 0 Å². The Labute approximate surface area is 218 Å². The standard InChI is InChI=1S/C29H37FN2O5/c1-19(2)15-26(32-21(4)33)28(35)31-20(3)27(34)25(17-30)24(16-22-11-7-5-8-12-22)29(36)37-18-23-13-9-6-10-14-23/h5-14,19-20,24-26H,15-18H2,1-4H3,(H,31,35)(H,32,33)/t20-,24?,25?,26-/m0/s1. The van der Waals surface area contributed by atoms with Crippen molar-refractivity contribution in [2.75, 3.05) is 6.67 Å². The zero-order valence-electron chi connectivity index (χ0n) is 21.9. The number of esters is 1. The summed E-state index contributed by atoms with van der Waals surface area (Å²) < 4.78 is 19.9. The smallest absolute Gasteiger partial charge is 0.310 e. The first-order chi connectivity index (χ1) is 17.6. The van der Waals surface area contributed by atoms with Crippen LogP contribution in [0.1, 0.15) is 45.2 Å². The van der Waals surface area contributed by atoms with E-state index in [4.69, 9.17) is 4.74 Å². The predicted molar refractivity (Wildman–Crippen MR) is 139 cm³/mol. The van der Waals surface area contributed by atoms with Gasteiger partial charge in [-0.25, -0.2) is 0 Å². The van der Waals surface area contributed by atoms with Gasteiger partial charge < -0.3 is 15.4 Å². The van der Waals surface area contributed by atoms with E-state index < -0.39 is 48.3 Å². The van der Waals surface area contributed by atoms with Crippen LogP contribution in [0.15, 0.2) is 60.7 Å². The van der Waals surface area contributed by atoms with Crippen LogP contribution in [0.25, 0.3) is 0 Å². The molecule has 0 saturated carbocycles. The molecule has 0 spiro atoms. The molecule has 0 saturated heterocycles. The summed E-state index contributed by atoms with van der Waals surface area (Å²) in [7, 11) is 0. The summed E-state index contributed by atoms with van der Waals surface area (Å²) in [5.74, 6) is -4.48. The molecule has 0 aliphatic heterocycles. The number of alkyl halides is 1. The highest BCUT2D eigenvalue weighted by molar-refractivity contribution is 5.95. The Balaban J connectivity index is 2.20. The van der Waals surface area contributed by atoms with E-state index in [1.165, 1.54) is 13.8 Å². The van der Waals surface area contributed by atoms with Crippen LogP contribution in [0.4, 0.5) is 4.39 Å². The summed E-state index contributed by atoms with van der Waals surface area (Å²) in [6, 6.07) is 16.2. The summed E-state index contributed by atoms with van der Waals surface area (Å²) in [5, 5.41) is 5.19. The van der Waals surface area contributed by atoms with Crippen LogP contribution in [-0.4, -0.2) is 42.3 Å². The molecule has 2 unspecified atom stereocenters. The Morgan fingerprint density at radius 3 is 1.92 bits per heavy atom. The van der Waals surface area contributed by atoms with Crippen LogP contribution in [0.3, 0.4) is 0 Å². The fourth-order valence-corrected chi connectivity index (χ4v) is 4.13. The second kappa shape index (κ2) is 14.9. The number of carbonyl (C=O) groups excluding carboxylic acids is 4. The molecule has 8 heteroatoms. The molecule has 2 aromatic rings. The maximum Gasteiger partial charge on any atom is 0.310 e. The molecule has 7 nitrogen and oxygen atoms in total. The van der Waals surface area contributed by atoms with Gasteiger partial charge in [-0.2, -0.15) is 0 Å². The van der Waals surface area contributed by atoms with E-state index in [2.05, 4.69) is 10.6 Å². The van der Waals surface area contributed by atoms with Gasteiger partial charge in [-0.15, -0.1) is 0 Å². The lowest BCUT2D eigenvalue weighted by molar-refractivity contribution is -0.154. The first kappa shape index (κ1) is 29.7. The summed E-state index contributed by atoms with van der Waals surface area (Å²) in [6.45, 7) is 5.49. The lowest BCUT2D eigenvalue weighted by atomic mass is 9.82. The van der Waals surface area contributed by atoms with Gasteiger partial charge in [0.1, 0.15) is 19.3 Å². The number of nitrogens with one attached hydrogen (secondary N) is 2. The Morgan fingerprint density at radius 2 is 1.41 bits per heavy atom. The maximum atomic E-state index is 14.4. The van der Waals surface area contributed by atoms with Gasteiger partial charge in [-0.3, -0.25) is 23.6 Å². The number of hydrogen-bond donors (Lipinski definition) is 2. The van der Waals surface area contributed by atoms with E-state index in [1.807, 2.05) is 38.1 Å². The zero-order valence-corrected chi connectivity index (χ0v) is 21.9. The van der Waals surface area contributed by atoms with Crippen LogP contribution >= 0.6 is 0 Å². The number of Topliss-reactive ketones (excluding diaryl/α,β-unsaturated/α-hetero) is 1. The van der Waals surface area contributed by atoms with Gasteiger partial charge in [0, 0.05) is 6.92 Å². The molecule has 2 amide bonds. The molecule has 0 aromatic heterocycles. The maximum absolute atomic E-state index is 14.4. The number of ether oxygens (including phenoxy) is 1. The topological polar surface area (TPSA) is 102 Å². The fourth-order valence-electron chi connectivity index (χ4n) is 4.13. The van der Waals surface area contributed by atoms with E-state index in [0.717, 1.165) is 11.1 Å². The predicted octanol–water partition coefficient (Wildman–Crippen LogP) is 3.80. The van der Waals surface area contributed by atoms with Crippen molar-refractivity contribution in [2.45, 2.75) is 59.2 Å². The summed E-state index contributed by atoms with van der Waals surface area (Å²) in [4.78, 5) is 50.9. The van der Waals surface area contributed by atoms with Crippen molar-refractivity contribution in [2.24, 2.45) is 17.8 Å². The van der Waals surface area contributed by atoms with E-state index in [0.29, 0.717) is 6.42 Å². The monoisotopic (exact) mass is 512 g/mol. The number of benzene rings is 2. The molecule has 0 heterocycles. The molecule has 0 fully saturated rings. The van der Waals surface area contributed by atoms with Crippen LogP contribution < -0.4 is 10.6 Å². The third kappa shape index (κ3) is 9.79. The van der Waals surface area contributed by atoms with Crippen molar-refractivity contribution in [1.29, 1.82) is 0 Å². The molecule has 0 aliphatic rings. The number of hydrogen-bond acceptors (Lipinski definition) is 5. The minimum atomic E-state index is -1.32. The van der Waals surface area contributed by atoms with Crippen LogP contribution in [0, 0.1) is 17.8 Å². The first-order valence-corrected chi connectivity index (χ1v) is 12.5. The minimum absolute atomic E-state index is 0.00194. The average molecular weight is 513 g/mol. The third-order valence-corrected chi connectivity index (χ3v) is 6.03. The van der Waals surface area contributed by atoms with E-state index in [-0.39, 0.29) is 24.9 Å². The molecule has 0 bridgehead atoms. The van der Waals surface area contributed by atoms with E-state index in [1.54, 1.807) is 36.4 Å². The largest absolute Gasteiger partial charge is 0.461 e. The first-order valence-electron chi connectivity index (χ1n) is 12.5. The Kier molecular flexibility index (Phi) is 11.9. The molecular formula is C29H37FN2O5. The van der Waals surface area contributed by atoms with Crippen LogP contribution in [0.5, 0.6) is 0 Å². The molecule has 4 atom stereocenters. The number of rotatable bonds is 14. The van der Waals surface area contributed by atoms with Crippen molar-refractivity contribution >= 4 is 23.6 Å². The SMILES string of the molecule is CC(=O)N[C@@H](CC(C)C)C(=O)N[C@@H](C)C(=O)C(CF)C(Cc1ccccc1)C(=O)OCc1ccccc1. The van der Waals surface area contributed by atoms with Gasteiger partial charge >= 0.3 is 5.97 Å². The highest BCUT2D eigenvalue weighted by Gasteiger charge is 2.38. The third-order valence-electron chi connectivity index (χ3n) is 6.03. The lowest BCUT2D eigenvalue weighted by Gasteiger charge is -2.27. The number of ketones is 1. The summed E-state index contributed by atoms with van der Waals surface area (Å²) in [5.41, 5.74) is 1.53. The van der Waals surface area contributed by atoms with Crippen molar-refractivity contribution in [3.8, 4) is 0 Å². The number of amides is 2. The van der Waals surface area contributed by atoms with Crippen LogP contribution in [-0.2, 0) is 36.9 Å². The van der Waals surface area contributed by atoms with E-state index >= 15 is 0 Å². The Bertz CT molecular complexity index is 1030. The van der Waals surface area contributed by atoms with E-state index in [9.17, 15) is 23.6 Å². The molecule has 37 heavy (non-hydrogen) atoms. The molecule has 2 rings (SSSR count). The molecule has 0 aliphatic carbocycles. The molecule has 2 aromatic carbocycles. The second-order valence-corrected chi connectivity index (χ2v) is 9.67. The number of carbonyl (C=O) groups is 4. The van der Waals surface area contributed by atoms with Gasteiger partial charge in [0.15, 0.2) is 5.78 Å². The fraction of sp³-hybridized carbons (Fsp3) is 0.448. The van der Waals surface area contributed by atoms with Gasteiger partial charge in [-0.05, 0) is 36.8 Å². The Morgan fingerprint density at radius 1 is 0.838 bits per heavy atom. The molecular weight excluding hydrogens is 475 g/mol. The number of halogens is 1. The Hall–Kier alpha value is -3.55. The molecule has 0 radical (unpaired) electrons. The minimum Gasteiger partial charge on any atom is -0.461 e. The molecule has 200 valence electrons. The second-order valence-electron chi connectivity index (χ2n) is 9.67. The highest BCUT2D eigenvalue weighted by Crippen LogP contribution is 2.24. The van der Waals surface area contributed by atoms with Gasteiger partial charge in [0.25, 0.3) is 0 Å². The van der Waals surface area contributed by atoms with Crippen molar-refractivity contribution < 1.29 is 28.3 Å². The van der Waals surface area contributed by atoms with Gasteiger partial charge in [0.05, 0.1) is 17.9 Å². The average Bonchev–Trinajstić information content (AvgIpc) is 2.87. The lowest BCUT2D eigenvalue weighted by Crippen LogP contribution is -2.52. The highest BCUT2D eigenvalue weighted by atomic mass is 19.1. The quantitative estimate of drug-likeness (QED) is 0.375. The van der Waals surface area contributed by atoms with Crippen molar-refractivity contribution in [1.82, 2.24) is 10.6 Å². The normalized spacial score (nSPS) is 14.2. The molecule has 2 N–H and O–H groups in total. The zero-order chi connectivity index (χ0) is 27.4. The van der Waals surface area contributed by atoms with Crippen LogP contribution in [0.2, 0.25) is 0 Å². The van der Waals surface area contributed by atoms with Crippen molar-refractivity contribution in [3.05, 3.63) is 71.8 Å².